The Hall–Kier alpha value is -2.98. The number of amides is 1. The maximum atomic E-state index is 12.8. The van der Waals surface area contributed by atoms with E-state index in [-0.39, 0.29) is 5.91 Å². The van der Waals surface area contributed by atoms with Crippen LogP contribution in [-0.2, 0) is 6.54 Å². The van der Waals surface area contributed by atoms with Gasteiger partial charge in [0, 0.05) is 34.3 Å². The second kappa shape index (κ2) is 8.99. The molecule has 172 valence electrons. The smallest absolute Gasteiger partial charge is 0.251 e. The number of hydrogen-bond acceptors (Lipinski definition) is 2. The van der Waals surface area contributed by atoms with Gasteiger partial charge in [0.2, 0.25) is 0 Å². The molecule has 1 heterocycles. The first-order valence-corrected chi connectivity index (χ1v) is 13.4. The molecule has 2 fully saturated rings. The van der Waals surface area contributed by atoms with Crippen LogP contribution in [0.2, 0.25) is 0 Å². The molecule has 0 saturated heterocycles. The van der Waals surface area contributed by atoms with Crippen molar-refractivity contribution in [2.45, 2.75) is 55.9 Å². The van der Waals surface area contributed by atoms with Gasteiger partial charge < -0.3 is 9.88 Å². The van der Waals surface area contributed by atoms with Crippen LogP contribution < -0.4 is 5.32 Å². The summed E-state index contributed by atoms with van der Waals surface area (Å²) in [6, 6.07) is 23.8. The zero-order valence-corrected chi connectivity index (χ0v) is 20.4. The Labute approximate surface area is 205 Å². The molecule has 2 aliphatic carbocycles. The molecule has 0 bridgehead atoms. The minimum Gasteiger partial charge on any atom is -0.348 e. The van der Waals surface area contributed by atoms with Gasteiger partial charge in [-0.1, -0.05) is 25.1 Å². The molecule has 1 aromatic heterocycles. The van der Waals surface area contributed by atoms with Crippen molar-refractivity contribution in [1.29, 1.82) is 0 Å². The summed E-state index contributed by atoms with van der Waals surface area (Å²) in [6.45, 7) is 2.69. The van der Waals surface area contributed by atoms with Crippen molar-refractivity contribution in [1.82, 2.24) is 9.88 Å². The van der Waals surface area contributed by atoms with E-state index < -0.39 is 0 Å². The highest BCUT2D eigenvalue weighted by Crippen LogP contribution is 2.46. The lowest BCUT2D eigenvalue weighted by Crippen LogP contribution is -2.22. The quantitative estimate of drug-likeness (QED) is 0.274. The largest absolute Gasteiger partial charge is 0.348 e. The number of aromatic nitrogens is 1. The van der Waals surface area contributed by atoms with Crippen LogP contribution in [0.5, 0.6) is 0 Å². The Kier molecular flexibility index (Phi) is 5.70. The fourth-order valence-electron chi connectivity index (χ4n) is 4.77. The molecule has 2 aliphatic rings. The number of nitrogens with zero attached hydrogens (tertiary/aromatic N) is 1. The van der Waals surface area contributed by atoms with Crippen LogP contribution >= 0.6 is 11.8 Å². The second-order valence-corrected chi connectivity index (χ2v) is 11.0. The van der Waals surface area contributed by atoms with E-state index in [1.165, 1.54) is 47.4 Å². The van der Waals surface area contributed by atoms with Crippen LogP contribution in [-0.4, -0.2) is 16.2 Å². The lowest BCUT2D eigenvalue weighted by Gasteiger charge is -2.12. The molecule has 6 rings (SSSR count). The zero-order chi connectivity index (χ0) is 23.1. The first-order valence-electron chi connectivity index (χ1n) is 12.4. The van der Waals surface area contributed by atoms with Gasteiger partial charge in [-0.2, -0.15) is 0 Å². The normalized spacial score (nSPS) is 15.6. The number of thioether (sulfide) groups is 1. The summed E-state index contributed by atoms with van der Waals surface area (Å²) < 4.78 is 2.28. The lowest BCUT2D eigenvalue weighted by molar-refractivity contribution is 0.0951. The highest BCUT2D eigenvalue weighted by Gasteiger charge is 2.28. The topological polar surface area (TPSA) is 34.0 Å². The molecule has 2 saturated carbocycles. The summed E-state index contributed by atoms with van der Waals surface area (Å²) in [5, 5.41) is 4.17. The van der Waals surface area contributed by atoms with Crippen molar-refractivity contribution in [2.24, 2.45) is 0 Å². The van der Waals surface area contributed by atoms with E-state index in [4.69, 9.17) is 0 Å². The van der Waals surface area contributed by atoms with E-state index in [9.17, 15) is 4.79 Å². The van der Waals surface area contributed by atoms with Crippen molar-refractivity contribution < 1.29 is 4.79 Å². The van der Waals surface area contributed by atoms with Crippen LogP contribution in [0.3, 0.4) is 0 Å². The first-order chi connectivity index (χ1) is 16.7. The predicted molar refractivity (Wildman–Crippen MR) is 141 cm³/mol. The van der Waals surface area contributed by atoms with Gasteiger partial charge in [-0.15, -0.1) is 11.8 Å². The van der Waals surface area contributed by atoms with Crippen molar-refractivity contribution in [3.8, 4) is 5.69 Å². The summed E-state index contributed by atoms with van der Waals surface area (Å²) in [5.74, 6) is 2.52. The van der Waals surface area contributed by atoms with Gasteiger partial charge in [-0.3, -0.25) is 4.79 Å². The van der Waals surface area contributed by atoms with Gasteiger partial charge in [0.25, 0.3) is 5.91 Å². The number of benzene rings is 3. The Morgan fingerprint density at radius 1 is 0.912 bits per heavy atom. The third kappa shape index (κ3) is 4.52. The summed E-state index contributed by atoms with van der Waals surface area (Å²) in [6.07, 6.45) is 7.42. The first kappa shape index (κ1) is 21.5. The average Bonchev–Trinajstić information content (AvgIpc) is 3.79. The van der Waals surface area contributed by atoms with Gasteiger partial charge in [0.15, 0.2) is 0 Å². The van der Waals surface area contributed by atoms with E-state index in [0.717, 1.165) is 34.1 Å². The Bertz CT molecular complexity index is 1320. The molecule has 0 atom stereocenters. The van der Waals surface area contributed by atoms with Crippen LogP contribution in [0.25, 0.3) is 16.6 Å². The summed E-state index contributed by atoms with van der Waals surface area (Å²) >= 11 is 1.83. The minimum absolute atomic E-state index is 0.0339. The third-order valence-corrected chi connectivity index (χ3v) is 7.87. The third-order valence-electron chi connectivity index (χ3n) is 6.98. The molecule has 0 unspecified atom stereocenters. The van der Waals surface area contributed by atoms with E-state index in [1.807, 2.05) is 23.9 Å². The summed E-state index contributed by atoms with van der Waals surface area (Å²) in [5.41, 5.74) is 7.22. The summed E-state index contributed by atoms with van der Waals surface area (Å²) in [4.78, 5) is 14.1. The van der Waals surface area contributed by atoms with E-state index in [2.05, 4.69) is 77.6 Å². The standard InChI is InChI=1S/C30H30N2OS/c1-2-34-28-10-3-20(4-11-28)19-31-30(33)24-9-12-29-23(15-24)13-14-32(29)27-17-25(21-5-6-21)16-26(18-27)22-7-8-22/h3-4,9-18,21-22H,2,5-8,19H2,1H3,(H,31,33). The number of rotatable bonds is 8. The molecule has 0 aliphatic heterocycles. The second-order valence-electron chi connectivity index (χ2n) is 9.63. The maximum absolute atomic E-state index is 12.8. The number of nitrogens with one attached hydrogen (secondary N) is 1. The van der Waals surface area contributed by atoms with E-state index in [1.54, 1.807) is 0 Å². The molecule has 0 radical (unpaired) electrons. The fourth-order valence-corrected chi connectivity index (χ4v) is 5.43. The van der Waals surface area contributed by atoms with Gasteiger partial charge in [0.05, 0.1) is 5.52 Å². The van der Waals surface area contributed by atoms with Crippen molar-refractivity contribution in [3.05, 3.63) is 95.2 Å². The summed E-state index contributed by atoms with van der Waals surface area (Å²) in [7, 11) is 0. The van der Waals surface area contributed by atoms with Crippen molar-refractivity contribution in [3.63, 3.8) is 0 Å². The SMILES string of the molecule is CCSc1ccc(CNC(=O)c2ccc3c(ccn3-c3cc(C4CC4)cc(C4CC4)c3)c2)cc1. The molecule has 1 N–H and O–H groups in total. The van der Waals surface area contributed by atoms with Crippen LogP contribution in [0.15, 0.2) is 77.8 Å². The van der Waals surface area contributed by atoms with Gasteiger partial charge in [-0.05, 0) is 108 Å². The highest BCUT2D eigenvalue weighted by molar-refractivity contribution is 7.99. The monoisotopic (exact) mass is 466 g/mol. The lowest BCUT2D eigenvalue weighted by atomic mass is 10.0. The van der Waals surface area contributed by atoms with Crippen LogP contribution in [0.1, 0.15) is 71.5 Å². The number of fused-ring (bicyclic) bond motifs is 1. The van der Waals surface area contributed by atoms with Crippen molar-refractivity contribution in [2.75, 3.05) is 5.75 Å². The number of carbonyl (C=O) groups is 1. The molecule has 0 spiro atoms. The molecule has 3 nitrogen and oxygen atoms in total. The molecule has 34 heavy (non-hydrogen) atoms. The molecule has 1 amide bonds. The molecular formula is C30H30N2OS. The van der Waals surface area contributed by atoms with Crippen LogP contribution in [0.4, 0.5) is 0 Å². The van der Waals surface area contributed by atoms with Crippen molar-refractivity contribution >= 4 is 28.6 Å². The predicted octanol–water partition coefficient (Wildman–Crippen LogP) is 7.43. The molecule has 3 aromatic carbocycles. The number of carbonyl (C=O) groups excluding carboxylic acids is 1. The Morgan fingerprint density at radius 2 is 1.62 bits per heavy atom. The number of hydrogen-bond donors (Lipinski definition) is 1. The maximum Gasteiger partial charge on any atom is 0.251 e. The van der Waals surface area contributed by atoms with Gasteiger partial charge in [0.1, 0.15) is 0 Å². The Balaban J connectivity index is 1.21. The van der Waals surface area contributed by atoms with Crippen LogP contribution in [0, 0.1) is 0 Å². The van der Waals surface area contributed by atoms with E-state index in [0.29, 0.717) is 12.1 Å². The molecule has 4 aromatic rings. The molecule has 4 heteroatoms. The van der Waals surface area contributed by atoms with E-state index >= 15 is 0 Å². The Morgan fingerprint density at radius 3 is 2.26 bits per heavy atom. The zero-order valence-electron chi connectivity index (χ0n) is 19.6. The van der Waals surface area contributed by atoms with Gasteiger partial charge >= 0.3 is 0 Å². The minimum atomic E-state index is -0.0339. The van der Waals surface area contributed by atoms with Gasteiger partial charge in [-0.25, -0.2) is 0 Å². The average molecular weight is 467 g/mol. The molecular weight excluding hydrogens is 436 g/mol. The fraction of sp³-hybridized carbons (Fsp3) is 0.300. The highest BCUT2D eigenvalue weighted by atomic mass is 32.2.